The van der Waals surface area contributed by atoms with Gasteiger partial charge in [-0.1, -0.05) is 34.6 Å². The molecule has 0 spiro atoms. The average molecular weight is 229 g/mol. The molecule has 0 amide bonds. The first-order valence-electron chi connectivity index (χ1n) is 6.74. The van der Waals surface area contributed by atoms with E-state index in [1.165, 1.54) is 0 Å². The number of aliphatic hydroxyl groups is 1. The lowest BCUT2D eigenvalue weighted by Crippen LogP contribution is -2.44. The summed E-state index contributed by atoms with van der Waals surface area (Å²) >= 11 is 0. The topological polar surface area (TPSA) is 32.3 Å². The smallest absolute Gasteiger partial charge is 0.0743 e. The first-order chi connectivity index (χ1) is 7.28. The summed E-state index contributed by atoms with van der Waals surface area (Å²) in [5, 5.41) is 13.7. The summed E-state index contributed by atoms with van der Waals surface area (Å²) in [7, 11) is 0. The molecule has 0 saturated heterocycles. The standard InChI is InChI=1S/C14H31NO/c1-7-13(12(4)5)15-10-14(6,16)9-8-11(2)3/h11-13,15-16H,7-10H2,1-6H3. The highest BCUT2D eigenvalue weighted by atomic mass is 16.3. The van der Waals surface area contributed by atoms with Crippen molar-refractivity contribution in [2.75, 3.05) is 6.54 Å². The Balaban J connectivity index is 3.96. The van der Waals surface area contributed by atoms with E-state index in [-0.39, 0.29) is 0 Å². The molecule has 98 valence electrons. The lowest BCUT2D eigenvalue weighted by molar-refractivity contribution is 0.0408. The van der Waals surface area contributed by atoms with Gasteiger partial charge < -0.3 is 10.4 Å². The Morgan fingerprint density at radius 1 is 1.19 bits per heavy atom. The van der Waals surface area contributed by atoms with Crippen molar-refractivity contribution in [3.05, 3.63) is 0 Å². The minimum Gasteiger partial charge on any atom is -0.389 e. The molecule has 0 rings (SSSR count). The fraction of sp³-hybridized carbons (Fsp3) is 1.00. The summed E-state index contributed by atoms with van der Waals surface area (Å²) in [4.78, 5) is 0. The second-order valence-electron chi connectivity index (χ2n) is 6.07. The number of rotatable bonds is 8. The van der Waals surface area contributed by atoms with Crippen molar-refractivity contribution < 1.29 is 5.11 Å². The van der Waals surface area contributed by atoms with Crippen LogP contribution in [0.2, 0.25) is 0 Å². The van der Waals surface area contributed by atoms with Gasteiger partial charge in [0.15, 0.2) is 0 Å². The zero-order chi connectivity index (χ0) is 12.8. The van der Waals surface area contributed by atoms with E-state index in [9.17, 15) is 5.11 Å². The first-order valence-corrected chi connectivity index (χ1v) is 6.74. The zero-order valence-corrected chi connectivity index (χ0v) is 12.0. The molecule has 2 nitrogen and oxygen atoms in total. The van der Waals surface area contributed by atoms with E-state index in [4.69, 9.17) is 0 Å². The third kappa shape index (κ3) is 7.24. The summed E-state index contributed by atoms with van der Waals surface area (Å²) in [5.74, 6) is 1.30. The molecule has 2 atom stereocenters. The Kier molecular flexibility index (Phi) is 7.25. The summed E-state index contributed by atoms with van der Waals surface area (Å²) in [6.07, 6.45) is 3.09. The number of hydrogen-bond acceptors (Lipinski definition) is 2. The molecule has 2 N–H and O–H groups in total. The summed E-state index contributed by atoms with van der Waals surface area (Å²) < 4.78 is 0. The molecule has 0 saturated carbocycles. The molecule has 2 heteroatoms. The van der Waals surface area contributed by atoms with E-state index in [1.807, 2.05) is 6.92 Å². The maximum atomic E-state index is 10.2. The van der Waals surface area contributed by atoms with Gasteiger partial charge in [0.2, 0.25) is 0 Å². The van der Waals surface area contributed by atoms with E-state index in [1.54, 1.807) is 0 Å². The number of hydrogen-bond donors (Lipinski definition) is 2. The fourth-order valence-electron chi connectivity index (χ4n) is 1.89. The van der Waals surface area contributed by atoms with E-state index in [2.05, 4.69) is 39.9 Å². The maximum absolute atomic E-state index is 10.2. The Bertz CT molecular complexity index is 176. The lowest BCUT2D eigenvalue weighted by Gasteiger charge is -2.29. The van der Waals surface area contributed by atoms with Crippen molar-refractivity contribution in [1.82, 2.24) is 5.32 Å². The van der Waals surface area contributed by atoms with Gasteiger partial charge in [-0.05, 0) is 38.0 Å². The summed E-state index contributed by atoms with van der Waals surface area (Å²) in [6, 6.07) is 0.519. The van der Waals surface area contributed by atoms with Crippen molar-refractivity contribution >= 4 is 0 Å². The SMILES string of the molecule is CCC(NCC(C)(O)CCC(C)C)C(C)C. The van der Waals surface area contributed by atoms with Gasteiger partial charge in [-0.3, -0.25) is 0 Å². The van der Waals surface area contributed by atoms with Gasteiger partial charge in [-0.15, -0.1) is 0 Å². The van der Waals surface area contributed by atoms with Gasteiger partial charge in [0.25, 0.3) is 0 Å². The highest BCUT2D eigenvalue weighted by Crippen LogP contribution is 2.16. The van der Waals surface area contributed by atoms with Crippen LogP contribution >= 0.6 is 0 Å². The fourth-order valence-corrected chi connectivity index (χ4v) is 1.89. The van der Waals surface area contributed by atoms with Crippen LogP contribution in [0.1, 0.15) is 60.8 Å². The van der Waals surface area contributed by atoms with Crippen LogP contribution in [-0.4, -0.2) is 23.3 Å². The molecule has 0 radical (unpaired) electrons. The van der Waals surface area contributed by atoms with Gasteiger partial charge >= 0.3 is 0 Å². The van der Waals surface area contributed by atoms with Crippen molar-refractivity contribution in [2.24, 2.45) is 11.8 Å². The van der Waals surface area contributed by atoms with Crippen molar-refractivity contribution in [3.63, 3.8) is 0 Å². The average Bonchev–Trinajstić information content (AvgIpc) is 2.15. The monoisotopic (exact) mass is 229 g/mol. The Hall–Kier alpha value is -0.0800. The molecule has 16 heavy (non-hydrogen) atoms. The van der Waals surface area contributed by atoms with Crippen LogP contribution in [0.5, 0.6) is 0 Å². The van der Waals surface area contributed by atoms with Gasteiger partial charge in [-0.2, -0.15) is 0 Å². The van der Waals surface area contributed by atoms with Crippen molar-refractivity contribution in [1.29, 1.82) is 0 Å². The van der Waals surface area contributed by atoms with E-state index >= 15 is 0 Å². The second-order valence-corrected chi connectivity index (χ2v) is 6.07. The van der Waals surface area contributed by atoms with Crippen LogP contribution < -0.4 is 5.32 Å². The van der Waals surface area contributed by atoms with Crippen molar-refractivity contribution in [2.45, 2.75) is 72.4 Å². The van der Waals surface area contributed by atoms with Crippen LogP contribution in [-0.2, 0) is 0 Å². The Morgan fingerprint density at radius 3 is 2.12 bits per heavy atom. The molecular formula is C14H31NO. The quantitative estimate of drug-likeness (QED) is 0.670. The predicted molar refractivity (Wildman–Crippen MR) is 71.6 cm³/mol. The summed E-state index contributed by atoms with van der Waals surface area (Å²) in [6.45, 7) is 13.7. The first kappa shape index (κ1) is 15.9. The predicted octanol–water partition coefficient (Wildman–Crippen LogP) is 3.20. The highest BCUT2D eigenvalue weighted by molar-refractivity contribution is 4.79. The normalized spacial score (nSPS) is 17.8. The largest absolute Gasteiger partial charge is 0.389 e. The molecule has 0 aliphatic carbocycles. The lowest BCUT2D eigenvalue weighted by atomic mass is 9.94. The Labute approximate surface area is 102 Å². The number of nitrogens with one attached hydrogen (secondary N) is 1. The Morgan fingerprint density at radius 2 is 1.75 bits per heavy atom. The van der Waals surface area contributed by atoms with E-state index in [0.717, 1.165) is 19.3 Å². The molecule has 0 aromatic carbocycles. The highest BCUT2D eigenvalue weighted by Gasteiger charge is 2.22. The maximum Gasteiger partial charge on any atom is 0.0743 e. The zero-order valence-electron chi connectivity index (χ0n) is 12.0. The van der Waals surface area contributed by atoms with Crippen molar-refractivity contribution in [3.8, 4) is 0 Å². The molecule has 0 aliphatic heterocycles. The van der Waals surface area contributed by atoms with Gasteiger partial charge in [0.1, 0.15) is 0 Å². The molecule has 0 aromatic rings. The van der Waals surface area contributed by atoms with Gasteiger partial charge in [0.05, 0.1) is 5.60 Å². The second kappa shape index (κ2) is 7.29. The van der Waals surface area contributed by atoms with Crippen LogP contribution in [0.4, 0.5) is 0 Å². The van der Waals surface area contributed by atoms with Crippen LogP contribution in [0.3, 0.4) is 0 Å². The van der Waals surface area contributed by atoms with Crippen LogP contribution in [0, 0.1) is 11.8 Å². The van der Waals surface area contributed by atoms with E-state index in [0.29, 0.717) is 24.4 Å². The molecule has 0 fully saturated rings. The third-order valence-corrected chi connectivity index (χ3v) is 3.25. The van der Waals surface area contributed by atoms with Gasteiger partial charge in [-0.25, -0.2) is 0 Å². The molecular weight excluding hydrogens is 198 g/mol. The van der Waals surface area contributed by atoms with E-state index < -0.39 is 5.60 Å². The minimum atomic E-state index is -0.563. The van der Waals surface area contributed by atoms with Gasteiger partial charge in [0, 0.05) is 12.6 Å². The molecule has 0 aliphatic rings. The van der Waals surface area contributed by atoms with Crippen LogP contribution in [0.25, 0.3) is 0 Å². The minimum absolute atomic E-state index is 0.519. The molecule has 2 unspecified atom stereocenters. The molecule has 0 aromatic heterocycles. The summed E-state index contributed by atoms with van der Waals surface area (Å²) in [5.41, 5.74) is -0.563. The molecule has 0 bridgehead atoms. The third-order valence-electron chi connectivity index (χ3n) is 3.25. The van der Waals surface area contributed by atoms with Crippen LogP contribution in [0.15, 0.2) is 0 Å². The molecule has 0 heterocycles.